The first kappa shape index (κ1) is 34.8. The first-order valence-corrected chi connectivity index (χ1v) is 14.6. The van der Waals surface area contributed by atoms with Gasteiger partial charge >= 0.3 is 11.9 Å². The minimum Gasteiger partial charge on any atom is -0.504 e. The second kappa shape index (κ2) is 16.0. The van der Waals surface area contributed by atoms with Crippen LogP contribution in [0, 0.1) is 5.92 Å². The van der Waals surface area contributed by atoms with Gasteiger partial charge in [-0.2, -0.15) is 0 Å². The van der Waals surface area contributed by atoms with E-state index in [1.807, 2.05) is 0 Å². The van der Waals surface area contributed by atoms with Crippen LogP contribution in [0.15, 0.2) is 65.9 Å². The zero-order valence-electron chi connectivity index (χ0n) is 25.0. The highest BCUT2D eigenvalue weighted by Gasteiger charge is 2.47. The molecule has 4 rings (SSSR count). The van der Waals surface area contributed by atoms with Crippen LogP contribution < -0.4 is 4.74 Å². The average Bonchev–Trinajstić information content (AvgIpc) is 3.04. The second-order valence-electron chi connectivity index (χ2n) is 10.7. The molecule has 0 bridgehead atoms. The van der Waals surface area contributed by atoms with Crippen LogP contribution in [0.5, 0.6) is 17.2 Å². The lowest BCUT2D eigenvalue weighted by atomic mass is 9.86. The van der Waals surface area contributed by atoms with Crippen molar-refractivity contribution in [2.75, 3.05) is 19.8 Å². The topological polar surface area (TPSA) is 222 Å². The lowest BCUT2D eigenvalue weighted by Gasteiger charge is -2.41. The highest BCUT2D eigenvalue weighted by molar-refractivity contribution is 5.91. The number of aliphatic hydroxyl groups is 5. The monoisotopic (exact) mass is 646 g/mol. The first-order chi connectivity index (χ1) is 22.1. The van der Waals surface area contributed by atoms with Gasteiger partial charge in [0.2, 0.25) is 6.29 Å². The van der Waals surface area contributed by atoms with Gasteiger partial charge < -0.3 is 59.4 Å². The minimum atomic E-state index is -1.73. The summed E-state index contributed by atoms with van der Waals surface area (Å²) in [6, 6.07) is 10.7. The Kier molecular flexibility index (Phi) is 12.1. The number of phenolic OH excluding ortho intramolecular Hbond substituents is 2. The van der Waals surface area contributed by atoms with Crippen LogP contribution in [0.3, 0.4) is 0 Å². The Morgan fingerprint density at radius 3 is 2.28 bits per heavy atom. The molecule has 14 heteroatoms. The molecule has 0 saturated carbocycles. The van der Waals surface area contributed by atoms with Gasteiger partial charge in [-0.25, -0.2) is 4.79 Å². The molecule has 1 fully saturated rings. The van der Waals surface area contributed by atoms with E-state index in [0.29, 0.717) is 12.0 Å². The molecule has 14 nitrogen and oxygen atoms in total. The predicted molar refractivity (Wildman–Crippen MR) is 157 cm³/mol. The van der Waals surface area contributed by atoms with Gasteiger partial charge in [0.15, 0.2) is 17.8 Å². The predicted octanol–water partition coefficient (Wildman–Crippen LogP) is 0.333. The molecule has 2 heterocycles. The zero-order chi connectivity index (χ0) is 33.4. The fourth-order valence-electron chi connectivity index (χ4n) is 5.07. The number of allylic oxidation sites excluding steroid dienone is 1. The van der Waals surface area contributed by atoms with Gasteiger partial charge in [-0.05, 0) is 48.7 Å². The second-order valence-corrected chi connectivity index (χ2v) is 10.7. The van der Waals surface area contributed by atoms with Crippen LogP contribution in [0.1, 0.15) is 24.5 Å². The van der Waals surface area contributed by atoms with Gasteiger partial charge in [-0.3, -0.25) is 4.79 Å². The number of aliphatic hydroxyl groups excluding tert-OH is 5. The van der Waals surface area contributed by atoms with Crippen LogP contribution >= 0.6 is 0 Å². The fourth-order valence-corrected chi connectivity index (χ4v) is 5.07. The van der Waals surface area contributed by atoms with Crippen molar-refractivity contribution < 1.29 is 69.0 Å². The van der Waals surface area contributed by atoms with E-state index in [-0.39, 0.29) is 54.5 Å². The molecule has 1 saturated heterocycles. The van der Waals surface area contributed by atoms with Gasteiger partial charge in [-0.15, -0.1) is 0 Å². The SMILES string of the molecule is C/C=C1\[C@H](O[C@@H]2O[C@@H](CO)[C@@H](O)[C@H](O)[C@H]2O)OC=C(C(=O)OCCc2ccc(O)c(O)c2)[C@H]1CC(=O)Oc1ccc(CCO)cc1. The Morgan fingerprint density at radius 1 is 0.913 bits per heavy atom. The molecule has 0 spiro atoms. The number of esters is 2. The Bertz CT molecular complexity index is 1400. The minimum absolute atomic E-state index is 0.0377. The molecule has 2 aliphatic rings. The van der Waals surface area contributed by atoms with Crippen molar-refractivity contribution in [2.45, 2.75) is 63.2 Å². The summed E-state index contributed by atoms with van der Waals surface area (Å²) in [6.07, 6.45) is -6.34. The number of ether oxygens (including phenoxy) is 5. The third-order valence-electron chi connectivity index (χ3n) is 7.63. The number of phenols is 2. The Hall–Kier alpha value is -4.02. The van der Waals surface area contributed by atoms with Crippen molar-refractivity contribution in [1.82, 2.24) is 0 Å². The van der Waals surface area contributed by atoms with E-state index in [9.17, 15) is 40.2 Å². The van der Waals surface area contributed by atoms with Gasteiger partial charge in [0.05, 0.1) is 31.5 Å². The number of hydrogen-bond donors (Lipinski definition) is 7. The van der Waals surface area contributed by atoms with Gasteiger partial charge in [-0.1, -0.05) is 24.3 Å². The molecule has 46 heavy (non-hydrogen) atoms. The Labute approximate surface area is 264 Å². The summed E-state index contributed by atoms with van der Waals surface area (Å²) in [5.41, 5.74) is 1.63. The van der Waals surface area contributed by atoms with Crippen LogP contribution in [0.4, 0.5) is 0 Å². The summed E-state index contributed by atoms with van der Waals surface area (Å²) in [4.78, 5) is 26.4. The van der Waals surface area contributed by atoms with Crippen molar-refractivity contribution in [2.24, 2.45) is 5.92 Å². The van der Waals surface area contributed by atoms with Gasteiger partial charge in [0.25, 0.3) is 0 Å². The van der Waals surface area contributed by atoms with E-state index in [1.54, 1.807) is 37.3 Å². The summed E-state index contributed by atoms with van der Waals surface area (Å²) < 4.78 is 27.9. The maximum atomic E-state index is 13.3. The highest BCUT2D eigenvalue weighted by Crippen LogP contribution is 2.36. The highest BCUT2D eigenvalue weighted by atomic mass is 16.8. The van der Waals surface area contributed by atoms with E-state index in [2.05, 4.69) is 0 Å². The standard InChI is InChI=1S/C32H38O14/c1-2-20-21(14-26(37)44-19-6-3-17(4-7-19)9-11-33)22(30(41)42-12-10-18-5-8-23(35)24(36)13-18)16-43-31(20)46-32-29(40)28(39)27(38)25(15-34)45-32/h2-8,13,16,21,25,27-29,31-36,38-40H,9-12,14-15H2,1H3/b20-2-/t21-,25-,27+,28-,29+,31-,32-/m0/s1. The largest absolute Gasteiger partial charge is 0.504 e. The molecule has 7 N–H and O–H groups in total. The smallest absolute Gasteiger partial charge is 0.337 e. The lowest BCUT2D eigenvalue weighted by molar-refractivity contribution is -0.327. The molecule has 0 unspecified atom stereocenters. The number of carbonyl (C=O) groups is 2. The van der Waals surface area contributed by atoms with Crippen molar-refractivity contribution in [3.63, 3.8) is 0 Å². The summed E-state index contributed by atoms with van der Waals surface area (Å²) in [5.74, 6) is -2.91. The number of aromatic hydroxyl groups is 2. The molecule has 0 aromatic heterocycles. The van der Waals surface area contributed by atoms with E-state index >= 15 is 0 Å². The number of hydrogen-bond acceptors (Lipinski definition) is 14. The van der Waals surface area contributed by atoms with Crippen LogP contribution in [0.25, 0.3) is 0 Å². The third-order valence-corrected chi connectivity index (χ3v) is 7.63. The molecule has 0 aliphatic carbocycles. The summed E-state index contributed by atoms with van der Waals surface area (Å²) in [6.45, 7) is 0.770. The molecular weight excluding hydrogens is 608 g/mol. The van der Waals surface area contributed by atoms with Crippen molar-refractivity contribution in [3.8, 4) is 17.2 Å². The molecule has 0 amide bonds. The first-order valence-electron chi connectivity index (χ1n) is 14.6. The number of carbonyl (C=O) groups excluding carboxylic acids is 2. The molecule has 2 aliphatic heterocycles. The van der Waals surface area contributed by atoms with Crippen LogP contribution in [0.2, 0.25) is 0 Å². The van der Waals surface area contributed by atoms with Gasteiger partial charge in [0.1, 0.15) is 30.2 Å². The molecule has 2 aromatic rings. The Morgan fingerprint density at radius 2 is 1.63 bits per heavy atom. The van der Waals surface area contributed by atoms with Crippen LogP contribution in [-0.2, 0) is 41.4 Å². The van der Waals surface area contributed by atoms with E-state index in [4.69, 9.17) is 28.8 Å². The van der Waals surface area contributed by atoms with E-state index in [1.165, 1.54) is 18.2 Å². The number of benzene rings is 2. The average molecular weight is 647 g/mol. The molecule has 0 radical (unpaired) electrons. The molecule has 7 atom stereocenters. The van der Waals surface area contributed by atoms with Crippen molar-refractivity contribution in [1.29, 1.82) is 0 Å². The van der Waals surface area contributed by atoms with E-state index in [0.717, 1.165) is 11.8 Å². The van der Waals surface area contributed by atoms with Crippen molar-refractivity contribution >= 4 is 11.9 Å². The third kappa shape index (κ3) is 8.41. The van der Waals surface area contributed by atoms with Crippen molar-refractivity contribution in [3.05, 3.63) is 77.1 Å². The van der Waals surface area contributed by atoms with Crippen LogP contribution in [-0.4, -0.2) is 105 Å². The molecular formula is C32H38O14. The fraction of sp³-hybridized carbons (Fsp3) is 0.438. The maximum Gasteiger partial charge on any atom is 0.337 e. The Balaban J connectivity index is 1.52. The normalized spacial score (nSPS) is 27.0. The summed E-state index contributed by atoms with van der Waals surface area (Å²) in [5, 5.41) is 68.7. The summed E-state index contributed by atoms with van der Waals surface area (Å²) in [7, 11) is 0. The molecule has 250 valence electrons. The maximum absolute atomic E-state index is 13.3. The lowest BCUT2D eigenvalue weighted by Crippen LogP contribution is -2.60. The molecule has 2 aromatic carbocycles. The van der Waals surface area contributed by atoms with E-state index < -0.39 is 61.5 Å². The number of rotatable bonds is 12. The quantitative estimate of drug-likeness (QED) is 0.0715. The van der Waals surface area contributed by atoms with Gasteiger partial charge in [0, 0.05) is 24.5 Å². The summed E-state index contributed by atoms with van der Waals surface area (Å²) >= 11 is 0. The zero-order valence-corrected chi connectivity index (χ0v) is 25.0.